The molecule has 0 N–H and O–H groups in total. The minimum atomic E-state index is -0.582. The van der Waals surface area contributed by atoms with Crippen molar-refractivity contribution in [3.8, 4) is 11.5 Å². The number of ether oxygens (including phenoxy) is 1. The van der Waals surface area contributed by atoms with E-state index in [2.05, 4.69) is 4.98 Å². The van der Waals surface area contributed by atoms with E-state index in [1.165, 1.54) is 7.11 Å². The van der Waals surface area contributed by atoms with Crippen molar-refractivity contribution in [1.82, 2.24) is 4.98 Å². The fourth-order valence-corrected chi connectivity index (χ4v) is 2.43. The predicted octanol–water partition coefficient (Wildman–Crippen LogP) is 4.73. The molecule has 21 heavy (non-hydrogen) atoms. The van der Waals surface area contributed by atoms with Crippen molar-refractivity contribution >= 4 is 29.2 Å². The number of carbonyl (C=O) groups excluding carboxylic acids is 1. The smallest absolute Gasteiger partial charge is 0.376 e. The van der Waals surface area contributed by atoms with Crippen LogP contribution in [0.1, 0.15) is 37.0 Å². The molecule has 1 aromatic heterocycles. The van der Waals surface area contributed by atoms with Crippen molar-refractivity contribution in [2.75, 3.05) is 7.11 Å². The molecular weight excluding hydrogens is 313 g/mol. The van der Waals surface area contributed by atoms with Gasteiger partial charge in [-0.25, -0.2) is 9.78 Å². The number of aromatic nitrogens is 1. The molecule has 0 aliphatic heterocycles. The van der Waals surface area contributed by atoms with Gasteiger partial charge in [0.25, 0.3) is 0 Å². The molecule has 112 valence electrons. The van der Waals surface area contributed by atoms with E-state index in [1.807, 2.05) is 20.8 Å². The van der Waals surface area contributed by atoms with Crippen LogP contribution in [-0.4, -0.2) is 18.1 Å². The minimum absolute atomic E-state index is 0.0657. The highest BCUT2D eigenvalue weighted by Crippen LogP contribution is 2.37. The normalized spacial score (nSPS) is 11.5. The van der Waals surface area contributed by atoms with Crippen LogP contribution in [-0.2, 0) is 10.2 Å². The molecule has 0 unspecified atom stereocenters. The molecule has 1 aromatic carbocycles. The largest absolute Gasteiger partial charge is 0.463 e. The topological polar surface area (TPSA) is 52.3 Å². The monoisotopic (exact) mass is 327 g/mol. The number of methoxy groups -OCH3 is 1. The molecule has 2 aromatic rings. The second-order valence-electron chi connectivity index (χ2n) is 5.53. The van der Waals surface area contributed by atoms with Crippen LogP contribution in [0.2, 0.25) is 10.0 Å². The molecule has 4 nitrogen and oxygen atoms in total. The summed E-state index contributed by atoms with van der Waals surface area (Å²) < 4.78 is 10.3. The summed E-state index contributed by atoms with van der Waals surface area (Å²) in [5.41, 5.74) is 0.570. The van der Waals surface area contributed by atoms with Crippen molar-refractivity contribution in [3.63, 3.8) is 0 Å². The Bertz CT molecular complexity index is 666. The van der Waals surface area contributed by atoms with E-state index in [1.54, 1.807) is 18.2 Å². The third-order valence-corrected chi connectivity index (χ3v) is 3.51. The van der Waals surface area contributed by atoms with Crippen LogP contribution < -0.4 is 0 Å². The van der Waals surface area contributed by atoms with E-state index >= 15 is 0 Å². The van der Waals surface area contributed by atoms with Gasteiger partial charge in [0.05, 0.1) is 22.7 Å². The highest BCUT2D eigenvalue weighted by atomic mass is 35.5. The number of nitrogens with zero attached hydrogens (tertiary/aromatic N) is 1. The number of esters is 1. The van der Waals surface area contributed by atoms with Gasteiger partial charge in [0, 0.05) is 5.41 Å². The van der Waals surface area contributed by atoms with E-state index in [9.17, 15) is 4.79 Å². The van der Waals surface area contributed by atoms with Crippen LogP contribution in [0, 0.1) is 0 Å². The quantitative estimate of drug-likeness (QED) is 0.748. The summed E-state index contributed by atoms with van der Waals surface area (Å²) in [5, 5.41) is 0.807. The Hall–Kier alpha value is -1.52. The summed E-state index contributed by atoms with van der Waals surface area (Å²) in [5.74, 6) is -0.311. The molecule has 0 fully saturated rings. The molecule has 0 aliphatic rings. The van der Waals surface area contributed by atoms with Gasteiger partial charge >= 0.3 is 5.97 Å². The first-order valence-corrected chi connectivity index (χ1v) is 7.05. The molecule has 0 bridgehead atoms. The number of rotatable bonds is 2. The summed E-state index contributed by atoms with van der Waals surface area (Å²) in [7, 11) is 1.29. The van der Waals surface area contributed by atoms with E-state index in [4.69, 9.17) is 32.4 Å². The maximum absolute atomic E-state index is 11.9. The highest BCUT2D eigenvalue weighted by molar-refractivity contribution is 6.38. The Balaban J connectivity index is 2.68. The van der Waals surface area contributed by atoms with Gasteiger partial charge in [-0.15, -0.1) is 0 Å². The summed E-state index contributed by atoms with van der Waals surface area (Å²) in [6.07, 6.45) is 0. The maximum Gasteiger partial charge on any atom is 0.376 e. The Labute approximate surface area is 133 Å². The van der Waals surface area contributed by atoms with Gasteiger partial charge in [-0.05, 0) is 12.1 Å². The Morgan fingerprint density at radius 1 is 1.24 bits per heavy atom. The van der Waals surface area contributed by atoms with Gasteiger partial charge in [-0.2, -0.15) is 0 Å². The van der Waals surface area contributed by atoms with Crippen molar-refractivity contribution in [2.24, 2.45) is 0 Å². The molecule has 0 amide bonds. The van der Waals surface area contributed by atoms with E-state index < -0.39 is 5.97 Å². The number of halogens is 2. The lowest BCUT2D eigenvalue weighted by molar-refractivity contribution is 0.0562. The highest BCUT2D eigenvalue weighted by Gasteiger charge is 2.30. The third kappa shape index (κ3) is 3.06. The lowest BCUT2D eigenvalue weighted by atomic mass is 9.91. The summed E-state index contributed by atoms with van der Waals surface area (Å²) >= 11 is 12.3. The Kier molecular flexibility index (Phi) is 4.30. The van der Waals surface area contributed by atoms with Crippen molar-refractivity contribution in [1.29, 1.82) is 0 Å². The van der Waals surface area contributed by atoms with Gasteiger partial charge in [0.1, 0.15) is 5.69 Å². The number of benzene rings is 1. The van der Waals surface area contributed by atoms with Crippen LogP contribution in [0.5, 0.6) is 0 Å². The lowest BCUT2D eigenvalue weighted by Crippen LogP contribution is -2.17. The third-order valence-electron chi connectivity index (χ3n) is 2.88. The zero-order chi connectivity index (χ0) is 15.8. The second kappa shape index (κ2) is 5.70. The Morgan fingerprint density at radius 3 is 2.29 bits per heavy atom. The zero-order valence-electron chi connectivity index (χ0n) is 12.2. The summed E-state index contributed by atoms with van der Waals surface area (Å²) in [6, 6.07) is 5.09. The van der Waals surface area contributed by atoms with E-state index in [-0.39, 0.29) is 17.1 Å². The molecule has 0 aliphatic carbocycles. The average Bonchev–Trinajstić information content (AvgIpc) is 2.82. The molecule has 0 saturated carbocycles. The molecule has 0 atom stereocenters. The maximum atomic E-state index is 11.9. The zero-order valence-corrected chi connectivity index (χ0v) is 13.7. The number of hydrogen-bond donors (Lipinski definition) is 0. The standard InChI is InChI=1S/C15H15Cl2NO3/c1-15(2,3)12-11(14(19)20-4)21-13(18-12)10-8(16)6-5-7-9(10)17/h5-7H,1-4H3. The van der Waals surface area contributed by atoms with Crippen LogP contribution in [0.25, 0.3) is 11.5 Å². The van der Waals surface area contributed by atoms with E-state index in [0.717, 1.165) is 0 Å². The fourth-order valence-electron chi connectivity index (χ4n) is 1.87. The van der Waals surface area contributed by atoms with Gasteiger partial charge < -0.3 is 9.15 Å². The van der Waals surface area contributed by atoms with Crippen LogP contribution in [0.15, 0.2) is 22.6 Å². The molecule has 0 saturated heterocycles. The first kappa shape index (κ1) is 15.9. The first-order chi connectivity index (χ1) is 9.75. The van der Waals surface area contributed by atoms with Crippen molar-refractivity contribution < 1.29 is 13.9 Å². The summed E-state index contributed by atoms with van der Waals surface area (Å²) in [4.78, 5) is 16.3. The van der Waals surface area contributed by atoms with Crippen LogP contribution in [0.3, 0.4) is 0 Å². The fraction of sp³-hybridized carbons (Fsp3) is 0.333. The first-order valence-electron chi connectivity index (χ1n) is 6.29. The molecule has 2 rings (SSSR count). The lowest BCUT2D eigenvalue weighted by Gasteiger charge is -2.15. The van der Waals surface area contributed by atoms with Gasteiger partial charge in [0.2, 0.25) is 11.7 Å². The van der Waals surface area contributed by atoms with Gasteiger partial charge in [0.15, 0.2) is 0 Å². The second-order valence-corrected chi connectivity index (χ2v) is 6.35. The predicted molar refractivity (Wildman–Crippen MR) is 82.0 cm³/mol. The molecule has 1 heterocycles. The molecular formula is C15H15Cl2NO3. The minimum Gasteiger partial charge on any atom is -0.463 e. The average molecular weight is 328 g/mol. The summed E-state index contributed by atoms with van der Waals surface area (Å²) in [6.45, 7) is 5.78. The van der Waals surface area contributed by atoms with Crippen LogP contribution >= 0.6 is 23.2 Å². The number of carbonyl (C=O) groups is 1. The molecule has 6 heteroatoms. The van der Waals surface area contributed by atoms with Crippen molar-refractivity contribution in [3.05, 3.63) is 39.7 Å². The molecule has 0 spiro atoms. The Morgan fingerprint density at radius 2 is 1.81 bits per heavy atom. The van der Waals surface area contributed by atoms with Crippen molar-refractivity contribution in [2.45, 2.75) is 26.2 Å². The SMILES string of the molecule is COC(=O)c1oc(-c2c(Cl)cccc2Cl)nc1C(C)(C)C. The van der Waals surface area contributed by atoms with E-state index in [0.29, 0.717) is 21.3 Å². The van der Waals surface area contributed by atoms with Crippen LogP contribution in [0.4, 0.5) is 0 Å². The number of oxazole rings is 1. The number of hydrogen-bond acceptors (Lipinski definition) is 4. The van der Waals surface area contributed by atoms with Gasteiger partial charge in [-0.3, -0.25) is 0 Å². The van der Waals surface area contributed by atoms with Gasteiger partial charge in [-0.1, -0.05) is 50.0 Å². The molecule has 0 radical (unpaired) electrons.